The molecule has 2 heterocycles. The summed E-state index contributed by atoms with van der Waals surface area (Å²) >= 11 is 7.11. The number of nitrogens with zero attached hydrogens (tertiary/aromatic N) is 2. The first-order chi connectivity index (χ1) is 8.63. The van der Waals surface area contributed by atoms with E-state index < -0.39 is 0 Å². The number of thiazole rings is 1. The van der Waals surface area contributed by atoms with Gasteiger partial charge in [-0.1, -0.05) is 6.07 Å². The van der Waals surface area contributed by atoms with Gasteiger partial charge in [0.1, 0.15) is 0 Å². The minimum Gasteiger partial charge on any atom is -0.331 e. The molecular formula is C13H13N3S2. The monoisotopic (exact) mass is 275 g/mol. The van der Waals surface area contributed by atoms with E-state index in [-0.39, 0.29) is 0 Å². The Labute approximate surface area is 114 Å². The molecule has 5 heteroatoms. The zero-order valence-corrected chi connectivity index (χ0v) is 11.9. The average Bonchev–Trinajstić information content (AvgIpc) is 2.84. The van der Waals surface area contributed by atoms with Crippen molar-refractivity contribution in [3.63, 3.8) is 0 Å². The summed E-state index contributed by atoms with van der Waals surface area (Å²) in [6.07, 6.45) is 1.93. The maximum Gasteiger partial charge on any atom is 0.178 e. The van der Waals surface area contributed by atoms with Crippen LogP contribution in [0.4, 0.5) is 0 Å². The lowest BCUT2D eigenvalue weighted by Crippen LogP contribution is -1.97. The minimum atomic E-state index is 0.765. The van der Waals surface area contributed by atoms with Crippen molar-refractivity contribution in [1.82, 2.24) is 14.5 Å². The van der Waals surface area contributed by atoms with Gasteiger partial charge in [0, 0.05) is 11.1 Å². The maximum atomic E-state index is 5.39. The Kier molecular flexibility index (Phi) is 2.80. The molecule has 3 aromatic rings. The van der Waals surface area contributed by atoms with E-state index in [1.165, 1.54) is 10.4 Å². The number of aromatic nitrogens is 3. The Morgan fingerprint density at radius 2 is 2.22 bits per heavy atom. The molecule has 1 N–H and O–H groups in total. The number of benzene rings is 1. The molecule has 0 amide bonds. The van der Waals surface area contributed by atoms with Crippen molar-refractivity contribution >= 4 is 34.6 Å². The Hall–Kier alpha value is -1.46. The quantitative estimate of drug-likeness (QED) is 0.721. The Morgan fingerprint density at radius 3 is 2.94 bits per heavy atom. The molecule has 2 aromatic heterocycles. The van der Waals surface area contributed by atoms with Crippen molar-refractivity contribution in [2.24, 2.45) is 0 Å². The first kappa shape index (κ1) is 11.6. The first-order valence-electron chi connectivity index (χ1n) is 5.74. The van der Waals surface area contributed by atoms with Gasteiger partial charge in [0.2, 0.25) is 0 Å². The fourth-order valence-corrected chi connectivity index (χ4v) is 3.13. The van der Waals surface area contributed by atoms with Crippen LogP contribution in [0.25, 0.3) is 11.0 Å². The van der Waals surface area contributed by atoms with E-state index in [1.54, 1.807) is 11.3 Å². The third-order valence-electron chi connectivity index (χ3n) is 2.91. The molecule has 18 heavy (non-hydrogen) atoms. The summed E-state index contributed by atoms with van der Waals surface area (Å²) in [5.41, 5.74) is 3.48. The van der Waals surface area contributed by atoms with E-state index in [1.807, 2.05) is 13.1 Å². The van der Waals surface area contributed by atoms with Crippen molar-refractivity contribution < 1.29 is 0 Å². The number of H-pyrrole nitrogens is 1. The van der Waals surface area contributed by atoms with Crippen LogP contribution < -0.4 is 0 Å². The number of hydrogen-bond donors (Lipinski definition) is 1. The fourth-order valence-electron chi connectivity index (χ4n) is 2.07. The Morgan fingerprint density at radius 1 is 1.39 bits per heavy atom. The summed E-state index contributed by atoms with van der Waals surface area (Å²) in [5, 5.41) is 1.09. The molecular weight excluding hydrogens is 262 g/mol. The molecule has 1 aromatic carbocycles. The van der Waals surface area contributed by atoms with Gasteiger partial charge in [-0.25, -0.2) is 4.98 Å². The first-order valence-corrected chi connectivity index (χ1v) is 6.96. The highest BCUT2D eigenvalue weighted by molar-refractivity contribution is 7.71. The van der Waals surface area contributed by atoms with Crippen molar-refractivity contribution in [2.45, 2.75) is 20.4 Å². The molecule has 0 fully saturated rings. The van der Waals surface area contributed by atoms with Crippen LogP contribution in [0.5, 0.6) is 0 Å². The molecule has 0 aliphatic rings. The van der Waals surface area contributed by atoms with Crippen LogP contribution >= 0.6 is 23.6 Å². The van der Waals surface area contributed by atoms with Gasteiger partial charge < -0.3 is 9.55 Å². The zero-order chi connectivity index (χ0) is 12.7. The van der Waals surface area contributed by atoms with Crippen molar-refractivity contribution in [3.8, 4) is 0 Å². The topological polar surface area (TPSA) is 33.6 Å². The molecule has 0 atom stereocenters. The highest BCUT2D eigenvalue weighted by Crippen LogP contribution is 2.19. The number of rotatable bonds is 2. The third-order valence-corrected chi connectivity index (χ3v) is 4.13. The molecule has 3 rings (SSSR count). The summed E-state index contributed by atoms with van der Waals surface area (Å²) in [6.45, 7) is 4.89. The molecule has 92 valence electrons. The molecule has 0 saturated heterocycles. The second-order valence-electron chi connectivity index (χ2n) is 4.38. The molecule has 0 saturated carbocycles. The molecule has 0 unspecified atom stereocenters. The van der Waals surface area contributed by atoms with Gasteiger partial charge in [-0.15, -0.1) is 11.3 Å². The number of hydrogen-bond acceptors (Lipinski definition) is 3. The molecule has 3 nitrogen and oxygen atoms in total. The summed E-state index contributed by atoms with van der Waals surface area (Å²) in [7, 11) is 0. The van der Waals surface area contributed by atoms with Gasteiger partial charge in [0.15, 0.2) is 4.77 Å². The van der Waals surface area contributed by atoms with Crippen LogP contribution in [0.15, 0.2) is 24.4 Å². The number of imidazole rings is 1. The third kappa shape index (κ3) is 2.00. The number of aryl methyl sites for hydroxylation is 2. The number of aromatic amines is 1. The molecule has 0 aliphatic heterocycles. The van der Waals surface area contributed by atoms with Gasteiger partial charge in [-0.2, -0.15) is 0 Å². The summed E-state index contributed by atoms with van der Waals surface area (Å²) in [6, 6.07) is 6.35. The van der Waals surface area contributed by atoms with E-state index in [0.29, 0.717) is 0 Å². The Bertz CT molecular complexity index is 764. The summed E-state index contributed by atoms with van der Waals surface area (Å²) in [4.78, 5) is 8.77. The van der Waals surface area contributed by atoms with Gasteiger partial charge in [0.25, 0.3) is 0 Å². The molecule has 0 spiro atoms. The smallest absolute Gasteiger partial charge is 0.178 e. The lowest BCUT2D eigenvalue weighted by Gasteiger charge is -2.02. The number of nitrogens with one attached hydrogen (secondary N) is 1. The summed E-state index contributed by atoms with van der Waals surface area (Å²) in [5.74, 6) is 0. The molecule has 0 bridgehead atoms. The fraction of sp³-hybridized carbons (Fsp3) is 0.231. The van der Waals surface area contributed by atoms with Gasteiger partial charge in [0.05, 0.1) is 22.6 Å². The van der Waals surface area contributed by atoms with E-state index >= 15 is 0 Å². The van der Waals surface area contributed by atoms with Crippen molar-refractivity contribution in [1.29, 1.82) is 0 Å². The SMILES string of the molecule is Cc1ccc2c(c1)[nH]c(=S)n2Cc1cnc(C)s1. The van der Waals surface area contributed by atoms with Crippen LogP contribution in [0.3, 0.4) is 0 Å². The normalized spacial score (nSPS) is 11.2. The highest BCUT2D eigenvalue weighted by Gasteiger charge is 2.06. The molecule has 0 aliphatic carbocycles. The van der Waals surface area contributed by atoms with E-state index in [9.17, 15) is 0 Å². The van der Waals surface area contributed by atoms with Gasteiger partial charge in [-0.05, 0) is 43.8 Å². The number of fused-ring (bicyclic) bond motifs is 1. The van der Waals surface area contributed by atoms with Crippen LogP contribution in [0, 0.1) is 18.6 Å². The van der Waals surface area contributed by atoms with Crippen LogP contribution in [0.2, 0.25) is 0 Å². The minimum absolute atomic E-state index is 0.765. The van der Waals surface area contributed by atoms with Crippen LogP contribution in [0.1, 0.15) is 15.4 Å². The van der Waals surface area contributed by atoms with Crippen molar-refractivity contribution in [3.05, 3.63) is 44.6 Å². The van der Waals surface area contributed by atoms with E-state index in [2.05, 4.69) is 39.7 Å². The maximum absolute atomic E-state index is 5.39. The second kappa shape index (κ2) is 4.33. The zero-order valence-electron chi connectivity index (χ0n) is 10.2. The predicted octanol–water partition coefficient (Wildman–Crippen LogP) is 3.82. The lowest BCUT2D eigenvalue weighted by atomic mass is 10.2. The van der Waals surface area contributed by atoms with Crippen LogP contribution in [-0.4, -0.2) is 14.5 Å². The second-order valence-corrected chi connectivity index (χ2v) is 6.09. The average molecular weight is 275 g/mol. The van der Waals surface area contributed by atoms with Crippen LogP contribution in [-0.2, 0) is 6.54 Å². The predicted molar refractivity (Wildman–Crippen MR) is 77.8 cm³/mol. The van der Waals surface area contributed by atoms with Crippen molar-refractivity contribution in [2.75, 3.05) is 0 Å². The highest BCUT2D eigenvalue weighted by atomic mass is 32.1. The largest absolute Gasteiger partial charge is 0.331 e. The van der Waals surface area contributed by atoms with Gasteiger partial charge in [-0.3, -0.25) is 0 Å². The van der Waals surface area contributed by atoms with E-state index in [0.717, 1.165) is 27.4 Å². The van der Waals surface area contributed by atoms with E-state index in [4.69, 9.17) is 12.2 Å². The lowest BCUT2D eigenvalue weighted by molar-refractivity contribution is 0.821. The van der Waals surface area contributed by atoms with Gasteiger partial charge >= 0.3 is 0 Å². The standard InChI is InChI=1S/C13H13N3S2/c1-8-3-4-12-11(5-8)15-13(17)16(12)7-10-6-14-9(2)18-10/h3-6H,7H2,1-2H3,(H,15,17). The summed E-state index contributed by atoms with van der Waals surface area (Å²) < 4.78 is 2.89. The molecule has 0 radical (unpaired) electrons. The Balaban J connectivity index is 2.11.